The second-order valence-electron chi connectivity index (χ2n) is 3.74. The molecule has 0 saturated heterocycles. The third-order valence-corrected chi connectivity index (χ3v) is 2.53. The highest BCUT2D eigenvalue weighted by Crippen LogP contribution is 2.08. The lowest BCUT2D eigenvalue weighted by Crippen LogP contribution is -2.35. The molecule has 1 atom stereocenters. The minimum atomic E-state index is -0.837. The van der Waals surface area contributed by atoms with Crippen molar-refractivity contribution in [3.63, 3.8) is 0 Å². The van der Waals surface area contributed by atoms with Crippen molar-refractivity contribution in [1.29, 1.82) is 5.26 Å². The smallest absolute Gasteiger partial charge is 0.320 e. The molecule has 1 unspecified atom stereocenters. The van der Waals surface area contributed by atoms with Gasteiger partial charge in [0, 0.05) is 6.54 Å². The molecule has 0 heterocycles. The van der Waals surface area contributed by atoms with Gasteiger partial charge in [-0.3, -0.25) is 9.69 Å². The van der Waals surface area contributed by atoms with Gasteiger partial charge in [0.2, 0.25) is 0 Å². The first kappa shape index (κ1) is 12.2. The monoisotopic (exact) mass is 218 g/mol. The standard InChI is InChI=1S/C12H14N2O2/c1-9(12(15)16)14(2)8-11-5-3-10(7-13)4-6-11/h3-6,9H,8H2,1-2H3,(H,15,16). The summed E-state index contributed by atoms with van der Waals surface area (Å²) in [5.74, 6) is -0.837. The predicted molar refractivity (Wildman–Crippen MR) is 59.7 cm³/mol. The summed E-state index contributed by atoms with van der Waals surface area (Å²) in [6, 6.07) is 8.66. The molecule has 1 aromatic rings. The minimum Gasteiger partial charge on any atom is -0.480 e. The van der Waals surface area contributed by atoms with E-state index >= 15 is 0 Å². The lowest BCUT2D eigenvalue weighted by atomic mass is 10.1. The molecule has 0 amide bonds. The molecule has 1 rings (SSSR count). The van der Waals surface area contributed by atoms with E-state index in [1.165, 1.54) is 0 Å². The fraction of sp³-hybridized carbons (Fsp3) is 0.333. The number of rotatable bonds is 4. The van der Waals surface area contributed by atoms with Gasteiger partial charge < -0.3 is 5.11 Å². The molecule has 4 heteroatoms. The summed E-state index contributed by atoms with van der Waals surface area (Å²) in [6.07, 6.45) is 0. The molecule has 1 aromatic carbocycles. The van der Waals surface area contributed by atoms with E-state index in [4.69, 9.17) is 10.4 Å². The van der Waals surface area contributed by atoms with Gasteiger partial charge in [-0.2, -0.15) is 5.26 Å². The number of benzene rings is 1. The molecule has 0 aliphatic carbocycles. The SMILES string of the molecule is CC(C(=O)O)N(C)Cc1ccc(C#N)cc1. The predicted octanol–water partition coefficient (Wildman–Crippen LogP) is 1.46. The second kappa shape index (κ2) is 5.29. The molecule has 0 fully saturated rings. The molecule has 0 aromatic heterocycles. The molecule has 0 bridgehead atoms. The first-order chi connectivity index (χ1) is 7.54. The maximum atomic E-state index is 10.7. The maximum Gasteiger partial charge on any atom is 0.320 e. The van der Waals surface area contributed by atoms with Crippen LogP contribution in [0.4, 0.5) is 0 Å². The first-order valence-electron chi connectivity index (χ1n) is 4.96. The van der Waals surface area contributed by atoms with Crippen LogP contribution >= 0.6 is 0 Å². The van der Waals surface area contributed by atoms with Crippen molar-refractivity contribution >= 4 is 5.97 Å². The highest BCUT2D eigenvalue weighted by atomic mass is 16.4. The van der Waals surface area contributed by atoms with Gasteiger partial charge in [-0.05, 0) is 31.7 Å². The van der Waals surface area contributed by atoms with Crippen LogP contribution in [0.25, 0.3) is 0 Å². The number of carboxylic acids is 1. The van der Waals surface area contributed by atoms with E-state index in [0.29, 0.717) is 12.1 Å². The number of hydrogen-bond acceptors (Lipinski definition) is 3. The van der Waals surface area contributed by atoms with E-state index in [1.807, 2.05) is 18.2 Å². The van der Waals surface area contributed by atoms with E-state index in [9.17, 15) is 4.79 Å². The fourth-order valence-electron chi connectivity index (χ4n) is 1.30. The number of nitriles is 1. The van der Waals surface area contributed by atoms with Crippen molar-refractivity contribution < 1.29 is 9.90 Å². The van der Waals surface area contributed by atoms with E-state index in [2.05, 4.69) is 0 Å². The Balaban J connectivity index is 2.66. The van der Waals surface area contributed by atoms with Crippen LogP contribution in [-0.4, -0.2) is 29.1 Å². The lowest BCUT2D eigenvalue weighted by molar-refractivity contribution is -0.142. The van der Waals surface area contributed by atoms with Crippen LogP contribution < -0.4 is 0 Å². The van der Waals surface area contributed by atoms with Crippen molar-refractivity contribution in [2.75, 3.05) is 7.05 Å². The molecule has 0 aliphatic rings. The highest BCUT2D eigenvalue weighted by Gasteiger charge is 2.16. The minimum absolute atomic E-state index is 0.518. The topological polar surface area (TPSA) is 64.3 Å². The number of nitrogens with zero attached hydrogens (tertiary/aromatic N) is 2. The zero-order valence-corrected chi connectivity index (χ0v) is 9.34. The fourth-order valence-corrected chi connectivity index (χ4v) is 1.30. The summed E-state index contributed by atoms with van der Waals surface area (Å²) in [5, 5.41) is 17.5. The normalized spacial score (nSPS) is 12.1. The van der Waals surface area contributed by atoms with E-state index in [0.717, 1.165) is 5.56 Å². The summed E-state index contributed by atoms with van der Waals surface area (Å²) < 4.78 is 0. The van der Waals surface area contributed by atoms with Crippen LogP contribution in [0.3, 0.4) is 0 Å². The zero-order valence-electron chi connectivity index (χ0n) is 9.34. The zero-order chi connectivity index (χ0) is 12.1. The van der Waals surface area contributed by atoms with Gasteiger partial charge in [-0.15, -0.1) is 0 Å². The molecule has 0 saturated carbocycles. The van der Waals surface area contributed by atoms with Gasteiger partial charge in [0.05, 0.1) is 11.6 Å². The van der Waals surface area contributed by atoms with Gasteiger partial charge in [-0.25, -0.2) is 0 Å². The van der Waals surface area contributed by atoms with Gasteiger partial charge in [0.15, 0.2) is 0 Å². The van der Waals surface area contributed by atoms with Gasteiger partial charge >= 0.3 is 5.97 Å². The van der Waals surface area contributed by atoms with Crippen molar-refractivity contribution in [2.24, 2.45) is 0 Å². The van der Waals surface area contributed by atoms with E-state index < -0.39 is 12.0 Å². The average molecular weight is 218 g/mol. The van der Waals surface area contributed by atoms with E-state index in [1.54, 1.807) is 31.0 Å². The summed E-state index contributed by atoms with van der Waals surface area (Å²) in [4.78, 5) is 12.5. The number of carboxylic acid groups (broad SMARTS) is 1. The highest BCUT2D eigenvalue weighted by molar-refractivity contribution is 5.72. The molecule has 4 nitrogen and oxygen atoms in total. The molecule has 1 N–H and O–H groups in total. The first-order valence-corrected chi connectivity index (χ1v) is 4.96. The van der Waals surface area contributed by atoms with Crippen LogP contribution in [0.15, 0.2) is 24.3 Å². The van der Waals surface area contributed by atoms with Gasteiger partial charge in [0.1, 0.15) is 6.04 Å². The molecule has 0 spiro atoms. The third-order valence-electron chi connectivity index (χ3n) is 2.53. The molecular weight excluding hydrogens is 204 g/mol. The second-order valence-corrected chi connectivity index (χ2v) is 3.74. The largest absolute Gasteiger partial charge is 0.480 e. The summed E-state index contributed by atoms with van der Waals surface area (Å²) in [7, 11) is 1.76. The summed E-state index contributed by atoms with van der Waals surface area (Å²) >= 11 is 0. The Hall–Kier alpha value is -1.86. The average Bonchev–Trinajstić information content (AvgIpc) is 2.28. The molecule has 0 radical (unpaired) electrons. The van der Waals surface area contributed by atoms with Crippen LogP contribution in [0.5, 0.6) is 0 Å². The van der Waals surface area contributed by atoms with Gasteiger partial charge in [0.25, 0.3) is 0 Å². The quantitative estimate of drug-likeness (QED) is 0.831. The summed E-state index contributed by atoms with van der Waals surface area (Å²) in [5.41, 5.74) is 1.60. The molecular formula is C12H14N2O2. The Morgan fingerprint density at radius 1 is 1.50 bits per heavy atom. The lowest BCUT2D eigenvalue weighted by Gasteiger charge is -2.20. The van der Waals surface area contributed by atoms with Crippen molar-refractivity contribution in [2.45, 2.75) is 19.5 Å². The Bertz CT molecular complexity index is 406. The Morgan fingerprint density at radius 3 is 2.50 bits per heavy atom. The van der Waals surface area contributed by atoms with Crippen molar-refractivity contribution in [1.82, 2.24) is 4.90 Å². The molecule has 16 heavy (non-hydrogen) atoms. The molecule has 0 aliphatic heterocycles. The maximum absolute atomic E-state index is 10.7. The van der Waals surface area contributed by atoms with E-state index in [-0.39, 0.29) is 0 Å². The van der Waals surface area contributed by atoms with Crippen molar-refractivity contribution in [3.8, 4) is 6.07 Å². The van der Waals surface area contributed by atoms with Crippen LogP contribution in [0.1, 0.15) is 18.1 Å². The number of carbonyl (C=O) groups is 1. The molecule has 84 valence electrons. The summed E-state index contributed by atoms with van der Waals surface area (Å²) in [6.45, 7) is 2.20. The number of aliphatic carboxylic acids is 1. The Morgan fingerprint density at radius 2 is 2.06 bits per heavy atom. The van der Waals surface area contributed by atoms with Gasteiger partial charge in [-0.1, -0.05) is 12.1 Å². The number of likely N-dealkylation sites (N-methyl/N-ethyl adjacent to an activating group) is 1. The Kier molecular flexibility index (Phi) is 4.03. The van der Waals surface area contributed by atoms with Crippen molar-refractivity contribution in [3.05, 3.63) is 35.4 Å². The Labute approximate surface area is 94.7 Å². The number of hydrogen-bond donors (Lipinski definition) is 1. The van der Waals surface area contributed by atoms with Crippen LogP contribution in [0.2, 0.25) is 0 Å². The van der Waals surface area contributed by atoms with Crippen LogP contribution in [-0.2, 0) is 11.3 Å². The third kappa shape index (κ3) is 3.07. The van der Waals surface area contributed by atoms with Crippen LogP contribution in [0, 0.1) is 11.3 Å².